The Kier molecular flexibility index (Phi) is 8.64. The number of aliphatic imine (C=N–C) groups is 2. The number of hydrogen-bond donors (Lipinski definition) is 2. The van der Waals surface area contributed by atoms with Gasteiger partial charge in [-0.15, -0.1) is 0 Å². The largest absolute Gasteiger partial charge is 0.464 e. The SMILES string of the molecule is CCCCOC(=NCN)N=C1N(Cc2ccc(CN3CCCC3)cc2)CC(=O)NC1(C)C. The number of rotatable bonds is 8. The molecule has 176 valence electrons. The number of nitrogens with one attached hydrogen (secondary N) is 1. The normalized spacial score (nSPS) is 20.6. The Morgan fingerprint density at radius 1 is 1.16 bits per heavy atom. The van der Waals surface area contributed by atoms with Crippen LogP contribution in [0.2, 0.25) is 0 Å². The second-order valence-corrected chi connectivity index (χ2v) is 9.09. The summed E-state index contributed by atoms with van der Waals surface area (Å²) in [5, 5.41) is 3.03. The van der Waals surface area contributed by atoms with E-state index in [1.807, 2.05) is 18.7 Å². The summed E-state index contributed by atoms with van der Waals surface area (Å²) in [6.45, 7) is 10.8. The summed E-state index contributed by atoms with van der Waals surface area (Å²) in [5.41, 5.74) is 7.45. The topological polar surface area (TPSA) is 95.6 Å². The molecule has 0 bridgehead atoms. The van der Waals surface area contributed by atoms with E-state index >= 15 is 0 Å². The molecule has 1 aromatic rings. The molecule has 1 aromatic carbocycles. The maximum atomic E-state index is 12.4. The number of ether oxygens (including phenoxy) is 1. The van der Waals surface area contributed by atoms with Crippen LogP contribution in [0.3, 0.4) is 0 Å². The van der Waals surface area contributed by atoms with Crippen LogP contribution < -0.4 is 11.1 Å². The minimum Gasteiger partial charge on any atom is -0.464 e. The van der Waals surface area contributed by atoms with Gasteiger partial charge in [0.2, 0.25) is 5.91 Å². The lowest BCUT2D eigenvalue weighted by Gasteiger charge is -2.41. The maximum absolute atomic E-state index is 12.4. The molecular formula is C24H38N6O2. The molecule has 0 aromatic heterocycles. The lowest BCUT2D eigenvalue weighted by Crippen LogP contribution is -2.63. The number of hydrogen-bond acceptors (Lipinski definition) is 5. The zero-order chi connectivity index (χ0) is 23.0. The van der Waals surface area contributed by atoms with Crippen LogP contribution in [0.1, 0.15) is 57.6 Å². The predicted molar refractivity (Wildman–Crippen MR) is 128 cm³/mol. The van der Waals surface area contributed by atoms with Gasteiger partial charge in [0.15, 0.2) is 0 Å². The summed E-state index contributed by atoms with van der Waals surface area (Å²) in [6, 6.07) is 8.94. The molecule has 8 heteroatoms. The highest BCUT2D eigenvalue weighted by Gasteiger charge is 2.37. The fraction of sp³-hybridized carbons (Fsp3) is 0.625. The molecule has 2 aliphatic heterocycles. The predicted octanol–water partition coefficient (Wildman–Crippen LogP) is 2.48. The molecule has 2 aliphatic rings. The second-order valence-electron chi connectivity index (χ2n) is 9.09. The third kappa shape index (κ3) is 6.77. The second kappa shape index (κ2) is 11.4. The van der Waals surface area contributed by atoms with Crippen molar-refractivity contribution < 1.29 is 9.53 Å². The highest BCUT2D eigenvalue weighted by molar-refractivity contribution is 6.04. The number of amidine groups is 2. The van der Waals surface area contributed by atoms with Crippen molar-refractivity contribution >= 4 is 17.8 Å². The quantitative estimate of drug-likeness (QED) is 0.366. The minimum atomic E-state index is -0.644. The molecule has 0 spiro atoms. The molecule has 0 atom stereocenters. The third-order valence-corrected chi connectivity index (χ3v) is 5.80. The fourth-order valence-corrected chi connectivity index (χ4v) is 4.19. The number of benzene rings is 1. The minimum absolute atomic E-state index is 0.0242. The maximum Gasteiger partial charge on any atom is 0.314 e. The average Bonchev–Trinajstić information content (AvgIpc) is 3.25. The van der Waals surface area contributed by atoms with Gasteiger partial charge < -0.3 is 20.7 Å². The van der Waals surface area contributed by atoms with Crippen LogP contribution in [-0.2, 0) is 22.6 Å². The standard InChI is InChI=1S/C24H38N6O2/c1-4-5-14-32-23(26-18-25)27-22-24(2,3)28-21(31)17-30(22)16-20-10-8-19(9-11-20)15-29-12-6-7-13-29/h8-11H,4-7,12-18,25H2,1-3H3,(H,28,31). The van der Waals surface area contributed by atoms with E-state index in [9.17, 15) is 4.79 Å². The molecule has 2 fully saturated rings. The molecule has 1 amide bonds. The summed E-state index contributed by atoms with van der Waals surface area (Å²) in [4.78, 5) is 25.8. The number of unbranched alkanes of at least 4 members (excludes halogenated alkanes) is 1. The first-order valence-electron chi connectivity index (χ1n) is 11.7. The van der Waals surface area contributed by atoms with Crippen molar-refractivity contribution in [1.82, 2.24) is 15.1 Å². The van der Waals surface area contributed by atoms with E-state index in [2.05, 4.69) is 46.4 Å². The highest BCUT2D eigenvalue weighted by Crippen LogP contribution is 2.20. The van der Waals surface area contributed by atoms with Crippen LogP contribution in [-0.4, -0.2) is 66.0 Å². The molecule has 0 saturated carbocycles. The molecule has 32 heavy (non-hydrogen) atoms. The molecule has 2 heterocycles. The Bertz CT molecular complexity index is 812. The third-order valence-electron chi connectivity index (χ3n) is 5.80. The molecule has 3 N–H and O–H groups in total. The van der Waals surface area contributed by atoms with Crippen molar-refractivity contribution in [3.8, 4) is 0 Å². The molecule has 0 aliphatic carbocycles. The van der Waals surface area contributed by atoms with E-state index < -0.39 is 5.54 Å². The summed E-state index contributed by atoms with van der Waals surface area (Å²) >= 11 is 0. The number of carbonyl (C=O) groups is 1. The van der Waals surface area contributed by atoms with Crippen LogP contribution in [0.25, 0.3) is 0 Å². The number of nitrogens with zero attached hydrogens (tertiary/aromatic N) is 4. The fourth-order valence-electron chi connectivity index (χ4n) is 4.19. The molecule has 0 radical (unpaired) electrons. The molecule has 0 unspecified atom stereocenters. The Hall–Kier alpha value is -2.45. The van der Waals surface area contributed by atoms with Crippen molar-refractivity contribution in [3.63, 3.8) is 0 Å². The van der Waals surface area contributed by atoms with Gasteiger partial charge in [-0.05, 0) is 57.3 Å². The zero-order valence-corrected chi connectivity index (χ0v) is 19.8. The van der Waals surface area contributed by atoms with Gasteiger partial charge in [-0.25, -0.2) is 4.99 Å². The number of likely N-dealkylation sites (tertiary alicyclic amines) is 1. The Morgan fingerprint density at radius 3 is 2.44 bits per heavy atom. The molecule has 2 saturated heterocycles. The molecule has 8 nitrogen and oxygen atoms in total. The van der Waals surface area contributed by atoms with Crippen molar-refractivity contribution in [2.24, 2.45) is 15.7 Å². The summed E-state index contributed by atoms with van der Waals surface area (Å²) < 4.78 is 5.76. The van der Waals surface area contributed by atoms with E-state index in [-0.39, 0.29) is 25.1 Å². The van der Waals surface area contributed by atoms with E-state index in [0.717, 1.165) is 30.8 Å². The van der Waals surface area contributed by atoms with E-state index in [1.54, 1.807) is 0 Å². The average molecular weight is 443 g/mol. The van der Waals surface area contributed by atoms with Crippen molar-refractivity contribution in [3.05, 3.63) is 35.4 Å². The smallest absolute Gasteiger partial charge is 0.314 e. The lowest BCUT2D eigenvalue weighted by molar-refractivity contribution is -0.123. The number of amides is 1. The van der Waals surface area contributed by atoms with Crippen LogP contribution >= 0.6 is 0 Å². The number of carbonyl (C=O) groups excluding carboxylic acids is 1. The number of nitrogens with two attached hydrogens (primary N) is 1. The van der Waals surface area contributed by atoms with E-state index in [4.69, 9.17) is 15.5 Å². The van der Waals surface area contributed by atoms with E-state index in [1.165, 1.54) is 31.5 Å². The van der Waals surface area contributed by atoms with Gasteiger partial charge in [0, 0.05) is 13.1 Å². The van der Waals surface area contributed by atoms with Crippen molar-refractivity contribution in [1.29, 1.82) is 0 Å². The van der Waals surface area contributed by atoms with Crippen LogP contribution in [0.15, 0.2) is 34.3 Å². The monoisotopic (exact) mass is 442 g/mol. The van der Waals surface area contributed by atoms with Crippen LogP contribution in [0.4, 0.5) is 0 Å². The molecular weight excluding hydrogens is 404 g/mol. The van der Waals surface area contributed by atoms with Gasteiger partial charge in [-0.3, -0.25) is 9.69 Å². The Morgan fingerprint density at radius 2 is 1.81 bits per heavy atom. The van der Waals surface area contributed by atoms with Gasteiger partial charge >= 0.3 is 6.02 Å². The van der Waals surface area contributed by atoms with Crippen molar-refractivity contribution in [2.45, 2.75) is 65.1 Å². The Balaban J connectivity index is 1.76. The summed E-state index contributed by atoms with van der Waals surface area (Å²) in [7, 11) is 0. The highest BCUT2D eigenvalue weighted by atomic mass is 16.5. The van der Waals surface area contributed by atoms with Gasteiger partial charge in [0.1, 0.15) is 5.84 Å². The van der Waals surface area contributed by atoms with Gasteiger partial charge in [0.25, 0.3) is 0 Å². The Labute approximate surface area is 191 Å². The van der Waals surface area contributed by atoms with Gasteiger partial charge in [-0.1, -0.05) is 37.6 Å². The zero-order valence-electron chi connectivity index (χ0n) is 19.8. The first kappa shape index (κ1) is 24.2. The van der Waals surface area contributed by atoms with Gasteiger partial charge in [-0.2, -0.15) is 4.99 Å². The summed E-state index contributed by atoms with van der Waals surface area (Å²) in [6.07, 6.45) is 4.53. The van der Waals surface area contributed by atoms with Crippen LogP contribution in [0, 0.1) is 0 Å². The van der Waals surface area contributed by atoms with Gasteiger partial charge in [0.05, 0.1) is 25.4 Å². The van der Waals surface area contributed by atoms with Crippen molar-refractivity contribution in [2.75, 3.05) is 32.9 Å². The molecule has 3 rings (SSSR count). The van der Waals surface area contributed by atoms with E-state index in [0.29, 0.717) is 13.2 Å². The first-order chi connectivity index (χ1) is 15.4. The van der Waals surface area contributed by atoms with Crippen LogP contribution in [0.5, 0.6) is 0 Å². The lowest BCUT2D eigenvalue weighted by atomic mass is 9.98. The summed E-state index contributed by atoms with van der Waals surface area (Å²) in [5.74, 6) is 0.700. The number of piperazine rings is 1. The first-order valence-corrected chi connectivity index (χ1v) is 11.7.